The van der Waals surface area contributed by atoms with Crippen molar-refractivity contribution in [3.63, 3.8) is 0 Å². The minimum absolute atomic E-state index is 0.101. The van der Waals surface area contributed by atoms with E-state index in [1.54, 1.807) is 12.3 Å². The molecule has 1 unspecified atom stereocenters. The number of furan rings is 1. The molecule has 0 spiro atoms. The molecule has 1 atom stereocenters. The van der Waals surface area contributed by atoms with Gasteiger partial charge in [-0.05, 0) is 55.7 Å². The summed E-state index contributed by atoms with van der Waals surface area (Å²) in [6, 6.07) is 7.64. The number of hydrogen-bond donors (Lipinski definition) is 0. The zero-order valence-corrected chi connectivity index (χ0v) is 13.0. The number of carbonyl (C=O) groups excluding carboxylic acids is 2. The van der Waals surface area contributed by atoms with Gasteiger partial charge in [-0.2, -0.15) is 0 Å². The van der Waals surface area contributed by atoms with Gasteiger partial charge in [0.25, 0.3) is 0 Å². The summed E-state index contributed by atoms with van der Waals surface area (Å²) in [5.41, 5.74) is 4.52. The van der Waals surface area contributed by atoms with Crippen LogP contribution in [0, 0.1) is 20.8 Å². The van der Waals surface area contributed by atoms with E-state index in [2.05, 4.69) is 0 Å². The summed E-state index contributed by atoms with van der Waals surface area (Å²) in [6.07, 6.45) is 3.43. The maximum absolute atomic E-state index is 12.7. The van der Waals surface area contributed by atoms with Crippen molar-refractivity contribution < 1.29 is 14.0 Å². The van der Waals surface area contributed by atoms with Crippen molar-refractivity contribution in [2.45, 2.75) is 33.1 Å². The smallest absolute Gasteiger partial charge is 0.174 e. The molecule has 1 aromatic carbocycles. The van der Waals surface area contributed by atoms with Crippen LogP contribution in [0.4, 0.5) is 0 Å². The fraction of sp³-hybridized carbons (Fsp3) is 0.263. The first-order chi connectivity index (χ1) is 10.5. The van der Waals surface area contributed by atoms with E-state index in [0.29, 0.717) is 17.8 Å². The summed E-state index contributed by atoms with van der Waals surface area (Å²) in [7, 11) is 0. The molecule has 0 aliphatic heterocycles. The normalized spacial score (nSPS) is 18.0. The molecule has 2 aromatic rings. The van der Waals surface area contributed by atoms with Gasteiger partial charge in [-0.25, -0.2) is 0 Å². The first kappa shape index (κ1) is 14.5. The number of hydrogen-bond acceptors (Lipinski definition) is 3. The summed E-state index contributed by atoms with van der Waals surface area (Å²) in [5.74, 6) is -0.214. The van der Waals surface area contributed by atoms with Crippen LogP contribution in [0.15, 0.2) is 46.6 Å². The van der Waals surface area contributed by atoms with Crippen molar-refractivity contribution in [3.05, 3.63) is 70.2 Å². The molecule has 112 valence electrons. The van der Waals surface area contributed by atoms with E-state index in [1.165, 1.54) is 6.08 Å². The van der Waals surface area contributed by atoms with Crippen LogP contribution in [0.1, 0.15) is 33.9 Å². The quantitative estimate of drug-likeness (QED) is 0.812. The Morgan fingerprint density at radius 2 is 1.77 bits per heavy atom. The van der Waals surface area contributed by atoms with E-state index in [9.17, 15) is 9.59 Å². The standard InChI is InChI=1S/C19H18O3/c1-11-7-12(2)17(13(3)8-11)18-16(20)10-14(19(18)21)9-15-5-4-6-22-15/h4-8,10,18H,9H2,1-3H3. The Morgan fingerprint density at radius 3 is 2.36 bits per heavy atom. The van der Waals surface area contributed by atoms with Crippen molar-refractivity contribution in [2.24, 2.45) is 0 Å². The van der Waals surface area contributed by atoms with Gasteiger partial charge in [0.2, 0.25) is 0 Å². The predicted molar refractivity (Wildman–Crippen MR) is 83.9 cm³/mol. The highest BCUT2D eigenvalue weighted by Crippen LogP contribution is 2.34. The van der Waals surface area contributed by atoms with Crippen molar-refractivity contribution in [1.29, 1.82) is 0 Å². The van der Waals surface area contributed by atoms with Gasteiger partial charge < -0.3 is 4.42 Å². The van der Waals surface area contributed by atoms with Gasteiger partial charge in [0.15, 0.2) is 11.6 Å². The predicted octanol–water partition coefficient (Wildman–Crippen LogP) is 3.61. The Balaban J connectivity index is 1.95. The molecule has 0 amide bonds. The Morgan fingerprint density at radius 1 is 1.09 bits per heavy atom. The van der Waals surface area contributed by atoms with Crippen LogP contribution in [0.5, 0.6) is 0 Å². The van der Waals surface area contributed by atoms with Gasteiger partial charge in [0, 0.05) is 12.0 Å². The fourth-order valence-corrected chi connectivity index (χ4v) is 3.30. The highest BCUT2D eigenvalue weighted by molar-refractivity contribution is 6.25. The minimum Gasteiger partial charge on any atom is -0.469 e. The van der Waals surface area contributed by atoms with Crippen LogP contribution < -0.4 is 0 Å². The number of aryl methyl sites for hydroxylation is 3. The van der Waals surface area contributed by atoms with E-state index in [1.807, 2.05) is 39.0 Å². The van der Waals surface area contributed by atoms with Crippen molar-refractivity contribution in [3.8, 4) is 0 Å². The van der Waals surface area contributed by atoms with Crippen LogP contribution in [0.2, 0.25) is 0 Å². The number of Topliss-reactive ketones (excluding diaryl/α,β-unsaturated/α-hetero) is 1. The lowest BCUT2D eigenvalue weighted by molar-refractivity contribution is -0.122. The van der Waals surface area contributed by atoms with E-state index < -0.39 is 5.92 Å². The molecule has 0 N–H and O–H groups in total. The van der Waals surface area contributed by atoms with Gasteiger partial charge in [-0.15, -0.1) is 0 Å². The van der Waals surface area contributed by atoms with Crippen LogP contribution in [-0.2, 0) is 16.0 Å². The number of ketones is 2. The lowest BCUT2D eigenvalue weighted by Gasteiger charge is -2.16. The number of benzene rings is 1. The first-order valence-electron chi connectivity index (χ1n) is 7.36. The molecule has 3 heteroatoms. The lowest BCUT2D eigenvalue weighted by Crippen LogP contribution is -2.18. The second kappa shape index (κ2) is 5.41. The summed E-state index contributed by atoms with van der Waals surface area (Å²) in [5, 5.41) is 0. The van der Waals surface area contributed by atoms with E-state index in [4.69, 9.17) is 4.42 Å². The van der Waals surface area contributed by atoms with Gasteiger partial charge in [-0.3, -0.25) is 9.59 Å². The summed E-state index contributed by atoms with van der Waals surface area (Å²) >= 11 is 0. The topological polar surface area (TPSA) is 47.3 Å². The zero-order valence-electron chi connectivity index (χ0n) is 13.0. The third kappa shape index (κ3) is 2.43. The molecule has 0 saturated heterocycles. The van der Waals surface area contributed by atoms with Crippen molar-refractivity contribution in [2.75, 3.05) is 0 Å². The Hall–Kier alpha value is -2.42. The van der Waals surface area contributed by atoms with E-state index in [0.717, 1.165) is 22.3 Å². The van der Waals surface area contributed by atoms with Gasteiger partial charge >= 0.3 is 0 Å². The average Bonchev–Trinajstić information content (AvgIpc) is 3.02. The number of rotatable bonds is 3. The fourth-order valence-electron chi connectivity index (χ4n) is 3.30. The molecule has 0 saturated carbocycles. The zero-order chi connectivity index (χ0) is 15.9. The molecule has 1 heterocycles. The van der Waals surface area contributed by atoms with Crippen LogP contribution in [0.25, 0.3) is 0 Å². The first-order valence-corrected chi connectivity index (χ1v) is 7.36. The van der Waals surface area contributed by atoms with E-state index in [-0.39, 0.29) is 11.6 Å². The molecule has 22 heavy (non-hydrogen) atoms. The molecular formula is C19H18O3. The molecule has 1 aliphatic rings. The van der Waals surface area contributed by atoms with Gasteiger partial charge in [-0.1, -0.05) is 17.7 Å². The monoisotopic (exact) mass is 294 g/mol. The molecule has 0 bridgehead atoms. The highest BCUT2D eigenvalue weighted by atomic mass is 16.3. The number of allylic oxidation sites excluding steroid dienone is 2. The second-order valence-electron chi connectivity index (χ2n) is 5.94. The third-order valence-electron chi connectivity index (χ3n) is 4.15. The van der Waals surface area contributed by atoms with Crippen LogP contribution in [0.3, 0.4) is 0 Å². The summed E-state index contributed by atoms with van der Waals surface area (Å²) < 4.78 is 5.28. The van der Waals surface area contributed by atoms with Crippen LogP contribution in [-0.4, -0.2) is 11.6 Å². The molecular weight excluding hydrogens is 276 g/mol. The van der Waals surface area contributed by atoms with Crippen LogP contribution >= 0.6 is 0 Å². The van der Waals surface area contributed by atoms with Gasteiger partial charge in [0.05, 0.1) is 6.26 Å². The second-order valence-corrected chi connectivity index (χ2v) is 5.94. The average molecular weight is 294 g/mol. The molecule has 0 fully saturated rings. The Kier molecular flexibility index (Phi) is 3.57. The highest BCUT2D eigenvalue weighted by Gasteiger charge is 2.37. The summed E-state index contributed by atoms with van der Waals surface area (Å²) in [4.78, 5) is 25.1. The third-order valence-corrected chi connectivity index (χ3v) is 4.15. The molecule has 0 radical (unpaired) electrons. The van der Waals surface area contributed by atoms with E-state index >= 15 is 0 Å². The SMILES string of the molecule is Cc1cc(C)c(C2C(=O)C=C(Cc3ccco3)C2=O)c(C)c1. The maximum Gasteiger partial charge on any atom is 0.174 e. The minimum atomic E-state index is -0.689. The van der Waals surface area contributed by atoms with Crippen molar-refractivity contribution >= 4 is 11.6 Å². The lowest BCUT2D eigenvalue weighted by atomic mass is 9.86. The molecule has 3 nitrogen and oxygen atoms in total. The molecule has 1 aliphatic carbocycles. The largest absolute Gasteiger partial charge is 0.469 e. The Bertz CT molecular complexity index is 756. The number of carbonyl (C=O) groups is 2. The molecule has 3 rings (SSSR count). The maximum atomic E-state index is 12.7. The van der Waals surface area contributed by atoms with Gasteiger partial charge in [0.1, 0.15) is 11.7 Å². The Labute approximate surface area is 129 Å². The summed E-state index contributed by atoms with van der Waals surface area (Å²) in [6.45, 7) is 5.93. The molecule has 1 aromatic heterocycles. The van der Waals surface area contributed by atoms with Crippen molar-refractivity contribution in [1.82, 2.24) is 0 Å².